The Bertz CT molecular complexity index is 774. The third-order valence-electron chi connectivity index (χ3n) is 4.29. The van der Waals surface area contributed by atoms with E-state index in [-0.39, 0.29) is 12.1 Å². The highest BCUT2D eigenvalue weighted by Gasteiger charge is 2.40. The fourth-order valence-electron chi connectivity index (χ4n) is 2.73. The molecule has 0 bridgehead atoms. The summed E-state index contributed by atoms with van der Waals surface area (Å²) >= 11 is 6.00. The van der Waals surface area contributed by atoms with Gasteiger partial charge in [0.2, 0.25) is 0 Å². The first-order valence-electron chi connectivity index (χ1n) is 7.64. The highest BCUT2D eigenvalue weighted by Crippen LogP contribution is 2.30. The van der Waals surface area contributed by atoms with Crippen molar-refractivity contribution in [2.75, 3.05) is 19.8 Å². The summed E-state index contributed by atoms with van der Waals surface area (Å²) < 4.78 is 6.57. The number of hydrogen-bond donors (Lipinski definition) is 2. The van der Waals surface area contributed by atoms with Gasteiger partial charge in [-0.25, -0.2) is 0 Å². The number of carbonyl (C=O) groups excluding carboxylic acids is 1. The van der Waals surface area contributed by atoms with Gasteiger partial charge in [0, 0.05) is 24.8 Å². The third kappa shape index (κ3) is 3.62. The van der Waals surface area contributed by atoms with E-state index in [9.17, 15) is 14.7 Å². The van der Waals surface area contributed by atoms with Crippen molar-refractivity contribution >= 4 is 23.5 Å². The second-order valence-electron chi connectivity index (χ2n) is 5.80. The Morgan fingerprint density at radius 1 is 1.36 bits per heavy atom. The molecule has 1 aliphatic rings. The molecule has 0 aliphatic carbocycles. The highest BCUT2D eigenvalue weighted by molar-refractivity contribution is 6.31. The summed E-state index contributed by atoms with van der Waals surface area (Å²) in [6.07, 6.45) is 2.05. The molecule has 1 fully saturated rings. The number of rotatable bonds is 5. The SMILES string of the molecule is O=C(NCC1(C(=O)O)CCOCC1)c1cc(Cl)ccc1-n1cnnn1. The van der Waals surface area contributed by atoms with Crippen LogP contribution in [-0.4, -0.2) is 56.9 Å². The van der Waals surface area contributed by atoms with Crippen LogP contribution >= 0.6 is 11.6 Å². The first-order chi connectivity index (χ1) is 12.0. The van der Waals surface area contributed by atoms with Gasteiger partial charge in [-0.05, 0) is 41.5 Å². The van der Waals surface area contributed by atoms with Gasteiger partial charge in [0.25, 0.3) is 5.91 Å². The molecule has 25 heavy (non-hydrogen) atoms. The molecule has 0 unspecified atom stereocenters. The molecule has 3 rings (SSSR count). The Labute approximate surface area is 147 Å². The van der Waals surface area contributed by atoms with Gasteiger partial charge in [-0.3, -0.25) is 9.59 Å². The lowest BCUT2D eigenvalue weighted by Gasteiger charge is -2.33. The maximum Gasteiger partial charge on any atom is 0.311 e. The lowest BCUT2D eigenvalue weighted by molar-refractivity contribution is -0.154. The summed E-state index contributed by atoms with van der Waals surface area (Å²) in [6, 6.07) is 4.73. The zero-order valence-electron chi connectivity index (χ0n) is 13.2. The summed E-state index contributed by atoms with van der Waals surface area (Å²) in [5, 5.41) is 23.5. The molecule has 2 N–H and O–H groups in total. The van der Waals surface area contributed by atoms with Gasteiger partial charge in [0.05, 0.1) is 16.7 Å². The summed E-state index contributed by atoms with van der Waals surface area (Å²) in [4.78, 5) is 24.3. The molecular weight excluding hydrogens is 350 g/mol. The molecule has 1 aromatic heterocycles. The molecule has 132 valence electrons. The molecule has 0 spiro atoms. The van der Waals surface area contributed by atoms with Crippen LogP contribution in [0.15, 0.2) is 24.5 Å². The standard InChI is InChI=1S/C15H16ClN5O4/c16-10-1-2-12(21-9-18-19-20-21)11(7-10)13(22)17-8-15(14(23)24)3-5-25-6-4-15/h1-2,7,9H,3-6,8H2,(H,17,22)(H,23,24). The minimum atomic E-state index is -1.03. The molecule has 1 saturated heterocycles. The van der Waals surface area contributed by atoms with Crippen LogP contribution in [0, 0.1) is 5.41 Å². The summed E-state index contributed by atoms with van der Waals surface area (Å²) in [7, 11) is 0. The number of aliphatic carboxylic acids is 1. The van der Waals surface area contributed by atoms with Gasteiger partial charge in [0.15, 0.2) is 0 Å². The Morgan fingerprint density at radius 3 is 2.76 bits per heavy atom. The minimum Gasteiger partial charge on any atom is -0.481 e. The van der Waals surface area contributed by atoms with E-state index in [2.05, 4.69) is 20.8 Å². The number of nitrogens with one attached hydrogen (secondary N) is 1. The molecule has 1 aromatic carbocycles. The van der Waals surface area contributed by atoms with E-state index >= 15 is 0 Å². The van der Waals surface area contributed by atoms with Crippen LogP contribution in [0.25, 0.3) is 5.69 Å². The first kappa shape index (κ1) is 17.3. The molecule has 9 nitrogen and oxygen atoms in total. The maximum atomic E-state index is 12.6. The minimum absolute atomic E-state index is 0.00604. The van der Waals surface area contributed by atoms with Crippen LogP contribution in [0.1, 0.15) is 23.2 Å². The van der Waals surface area contributed by atoms with Crippen molar-refractivity contribution in [3.8, 4) is 5.69 Å². The fourth-order valence-corrected chi connectivity index (χ4v) is 2.91. The maximum absolute atomic E-state index is 12.6. The monoisotopic (exact) mass is 365 g/mol. The van der Waals surface area contributed by atoms with Crippen molar-refractivity contribution in [1.82, 2.24) is 25.5 Å². The van der Waals surface area contributed by atoms with Crippen LogP contribution in [-0.2, 0) is 9.53 Å². The van der Waals surface area contributed by atoms with Crippen LogP contribution in [0.3, 0.4) is 0 Å². The summed E-state index contributed by atoms with van der Waals surface area (Å²) in [5.41, 5.74) is -0.322. The van der Waals surface area contributed by atoms with Crippen molar-refractivity contribution in [3.63, 3.8) is 0 Å². The lowest BCUT2D eigenvalue weighted by Crippen LogP contribution is -2.46. The van der Waals surface area contributed by atoms with Crippen molar-refractivity contribution in [2.45, 2.75) is 12.8 Å². The molecule has 0 radical (unpaired) electrons. The van der Waals surface area contributed by atoms with E-state index in [0.29, 0.717) is 36.8 Å². The summed E-state index contributed by atoms with van der Waals surface area (Å²) in [5.74, 6) is -1.39. The van der Waals surface area contributed by atoms with Gasteiger partial charge in [-0.15, -0.1) is 5.10 Å². The number of amides is 1. The number of hydrogen-bond acceptors (Lipinski definition) is 6. The average Bonchev–Trinajstić information content (AvgIpc) is 3.14. The van der Waals surface area contributed by atoms with Crippen molar-refractivity contribution in [2.24, 2.45) is 5.41 Å². The first-order valence-corrected chi connectivity index (χ1v) is 8.02. The molecule has 2 heterocycles. The number of carbonyl (C=O) groups is 2. The smallest absolute Gasteiger partial charge is 0.311 e. The zero-order chi connectivity index (χ0) is 17.9. The van der Waals surface area contributed by atoms with Crippen LogP contribution in [0.5, 0.6) is 0 Å². The van der Waals surface area contributed by atoms with Gasteiger partial charge in [0.1, 0.15) is 6.33 Å². The van der Waals surface area contributed by atoms with Gasteiger partial charge in [-0.2, -0.15) is 4.68 Å². The van der Waals surface area contributed by atoms with Crippen LogP contribution < -0.4 is 5.32 Å². The van der Waals surface area contributed by atoms with E-state index in [1.54, 1.807) is 12.1 Å². The summed E-state index contributed by atoms with van der Waals surface area (Å²) in [6.45, 7) is 0.719. The molecular formula is C15H16ClN5O4. The fraction of sp³-hybridized carbons (Fsp3) is 0.400. The van der Waals surface area contributed by atoms with Crippen molar-refractivity contribution in [3.05, 3.63) is 35.1 Å². The predicted octanol–water partition coefficient (Wildman–Crippen LogP) is 0.927. The number of nitrogens with zero attached hydrogens (tertiary/aromatic N) is 4. The third-order valence-corrected chi connectivity index (χ3v) is 4.53. The van der Waals surface area contributed by atoms with Crippen LogP contribution in [0.4, 0.5) is 0 Å². The van der Waals surface area contributed by atoms with Crippen molar-refractivity contribution in [1.29, 1.82) is 0 Å². The highest BCUT2D eigenvalue weighted by atomic mass is 35.5. The topological polar surface area (TPSA) is 119 Å². The number of aromatic nitrogens is 4. The molecule has 10 heteroatoms. The number of carboxylic acids is 1. The second kappa shape index (κ2) is 7.16. The molecule has 2 aromatic rings. The number of tetrazole rings is 1. The number of benzene rings is 1. The Morgan fingerprint density at radius 2 is 2.12 bits per heavy atom. The van der Waals surface area contributed by atoms with Crippen molar-refractivity contribution < 1.29 is 19.4 Å². The van der Waals surface area contributed by atoms with E-state index < -0.39 is 17.3 Å². The normalized spacial score (nSPS) is 16.4. The van der Waals surface area contributed by atoms with Crippen LogP contribution in [0.2, 0.25) is 5.02 Å². The van der Waals surface area contributed by atoms with Gasteiger partial charge in [-0.1, -0.05) is 11.6 Å². The van der Waals surface area contributed by atoms with E-state index in [1.807, 2.05) is 0 Å². The van der Waals surface area contributed by atoms with E-state index in [0.717, 1.165) is 0 Å². The number of ether oxygens (including phenoxy) is 1. The molecule has 0 saturated carbocycles. The quantitative estimate of drug-likeness (QED) is 0.808. The lowest BCUT2D eigenvalue weighted by atomic mass is 9.80. The molecule has 1 aliphatic heterocycles. The molecule has 0 atom stereocenters. The van der Waals surface area contributed by atoms with E-state index in [4.69, 9.17) is 16.3 Å². The Kier molecular flexibility index (Phi) is 4.95. The predicted molar refractivity (Wildman–Crippen MR) is 86.6 cm³/mol. The van der Waals surface area contributed by atoms with Gasteiger partial charge >= 0.3 is 5.97 Å². The van der Waals surface area contributed by atoms with E-state index in [1.165, 1.54) is 17.1 Å². The van der Waals surface area contributed by atoms with Gasteiger partial charge < -0.3 is 15.2 Å². The number of carboxylic acid groups (broad SMARTS) is 1. The Hall–Kier alpha value is -2.52. The average molecular weight is 366 g/mol. The zero-order valence-corrected chi connectivity index (χ0v) is 13.9. The molecule has 1 amide bonds. The number of halogens is 1. The Balaban J connectivity index is 1.82. The largest absolute Gasteiger partial charge is 0.481 e. The second-order valence-corrected chi connectivity index (χ2v) is 6.23.